The van der Waals surface area contributed by atoms with Gasteiger partial charge in [0.25, 0.3) is 0 Å². The minimum atomic E-state index is -0.115. The molecular formula is C9H13N7O2S. The van der Waals surface area contributed by atoms with E-state index in [2.05, 4.69) is 35.8 Å². The topological polar surface area (TPSA) is 112 Å². The summed E-state index contributed by atoms with van der Waals surface area (Å²) in [5.41, 5.74) is 1.19. The summed E-state index contributed by atoms with van der Waals surface area (Å²) in [7, 11) is 1.77. The van der Waals surface area contributed by atoms with Gasteiger partial charge in [0.05, 0.1) is 6.42 Å². The van der Waals surface area contributed by atoms with E-state index >= 15 is 0 Å². The summed E-state index contributed by atoms with van der Waals surface area (Å²) >= 11 is 1.47. The molecule has 2 aromatic rings. The first-order valence-electron chi connectivity index (χ1n) is 5.56. The zero-order valence-electron chi connectivity index (χ0n) is 10.5. The lowest BCUT2D eigenvalue weighted by Crippen LogP contribution is -2.27. The Labute approximate surface area is 113 Å². The van der Waals surface area contributed by atoms with Crippen LogP contribution in [0.2, 0.25) is 0 Å². The molecule has 0 aliphatic rings. The summed E-state index contributed by atoms with van der Waals surface area (Å²) in [6.45, 7) is 2.27. The monoisotopic (exact) mass is 283 g/mol. The number of hydrogen-bond donors (Lipinski definition) is 1. The average Bonchev–Trinajstić information content (AvgIpc) is 2.95. The molecule has 0 unspecified atom stereocenters. The van der Waals surface area contributed by atoms with E-state index in [1.165, 1.54) is 11.8 Å². The number of amides is 1. The van der Waals surface area contributed by atoms with Crippen molar-refractivity contribution in [2.75, 3.05) is 12.3 Å². The molecule has 9 nitrogen and oxygen atoms in total. The number of hydrogen-bond acceptors (Lipinski definition) is 8. The molecule has 2 heterocycles. The standard InChI is InChI=1S/C9H13N7O2S/c1-6-7(13-18-12-6)5-8(17)10-3-4-19-9-11-14-15-16(9)2/h3-5H2,1-2H3,(H,10,17). The Kier molecular flexibility index (Phi) is 4.44. The highest BCUT2D eigenvalue weighted by atomic mass is 32.2. The molecule has 0 fully saturated rings. The molecule has 0 saturated carbocycles. The molecule has 0 aliphatic heterocycles. The third kappa shape index (κ3) is 3.74. The highest BCUT2D eigenvalue weighted by Gasteiger charge is 2.10. The predicted octanol–water partition coefficient (Wildman–Crippen LogP) is -0.647. The molecule has 2 aromatic heterocycles. The maximum absolute atomic E-state index is 11.6. The summed E-state index contributed by atoms with van der Waals surface area (Å²) in [6.07, 6.45) is 0.172. The van der Waals surface area contributed by atoms with Crippen LogP contribution in [0.1, 0.15) is 11.4 Å². The Balaban J connectivity index is 1.67. The number of aromatic nitrogens is 6. The van der Waals surface area contributed by atoms with E-state index in [0.717, 1.165) is 0 Å². The zero-order valence-corrected chi connectivity index (χ0v) is 11.3. The van der Waals surface area contributed by atoms with E-state index in [1.54, 1.807) is 18.7 Å². The fraction of sp³-hybridized carbons (Fsp3) is 0.556. The number of thioether (sulfide) groups is 1. The van der Waals surface area contributed by atoms with Gasteiger partial charge in [-0.2, -0.15) is 0 Å². The number of nitrogens with zero attached hydrogens (tertiary/aromatic N) is 6. The van der Waals surface area contributed by atoms with Crippen LogP contribution in [0.25, 0.3) is 0 Å². The molecule has 0 spiro atoms. The van der Waals surface area contributed by atoms with Crippen LogP contribution in [-0.4, -0.2) is 48.7 Å². The fourth-order valence-corrected chi connectivity index (χ4v) is 2.01. The van der Waals surface area contributed by atoms with Gasteiger partial charge in [-0.05, 0) is 17.4 Å². The molecule has 19 heavy (non-hydrogen) atoms. The molecule has 1 amide bonds. The Hall–Kier alpha value is -1.97. The van der Waals surface area contributed by atoms with Crippen LogP contribution in [0.3, 0.4) is 0 Å². The van der Waals surface area contributed by atoms with Crippen LogP contribution in [0.4, 0.5) is 0 Å². The maximum atomic E-state index is 11.6. The number of aryl methyl sites for hydroxylation is 2. The van der Waals surface area contributed by atoms with Crippen LogP contribution in [0.15, 0.2) is 9.79 Å². The van der Waals surface area contributed by atoms with Crippen LogP contribution in [0.5, 0.6) is 0 Å². The highest BCUT2D eigenvalue weighted by molar-refractivity contribution is 7.99. The van der Waals surface area contributed by atoms with Gasteiger partial charge in [-0.3, -0.25) is 4.79 Å². The van der Waals surface area contributed by atoms with Crippen molar-refractivity contribution >= 4 is 17.7 Å². The van der Waals surface area contributed by atoms with E-state index in [4.69, 9.17) is 0 Å². The summed E-state index contributed by atoms with van der Waals surface area (Å²) in [5.74, 6) is 0.575. The van der Waals surface area contributed by atoms with Crippen molar-refractivity contribution in [1.29, 1.82) is 0 Å². The zero-order chi connectivity index (χ0) is 13.7. The molecule has 0 radical (unpaired) electrons. The normalized spacial score (nSPS) is 10.6. The number of carbonyl (C=O) groups excluding carboxylic acids is 1. The van der Waals surface area contributed by atoms with E-state index < -0.39 is 0 Å². The molecule has 0 aliphatic carbocycles. The molecule has 0 atom stereocenters. The molecule has 102 valence electrons. The summed E-state index contributed by atoms with van der Waals surface area (Å²) in [6, 6.07) is 0. The van der Waals surface area contributed by atoms with Crippen molar-refractivity contribution in [3.05, 3.63) is 11.4 Å². The van der Waals surface area contributed by atoms with Gasteiger partial charge in [-0.15, -0.1) is 5.10 Å². The smallest absolute Gasteiger partial charge is 0.226 e. The maximum Gasteiger partial charge on any atom is 0.226 e. The first-order chi connectivity index (χ1) is 9.16. The minimum Gasteiger partial charge on any atom is -0.355 e. The molecule has 0 saturated heterocycles. The third-order valence-electron chi connectivity index (χ3n) is 2.31. The van der Waals surface area contributed by atoms with Crippen molar-refractivity contribution in [2.45, 2.75) is 18.5 Å². The van der Waals surface area contributed by atoms with E-state index in [0.29, 0.717) is 28.8 Å². The lowest BCUT2D eigenvalue weighted by Gasteiger charge is -2.03. The average molecular weight is 283 g/mol. The van der Waals surface area contributed by atoms with Gasteiger partial charge in [0, 0.05) is 19.3 Å². The predicted molar refractivity (Wildman–Crippen MR) is 65.3 cm³/mol. The quantitative estimate of drug-likeness (QED) is 0.550. The largest absolute Gasteiger partial charge is 0.355 e. The minimum absolute atomic E-state index is 0.115. The Morgan fingerprint density at radius 3 is 2.95 bits per heavy atom. The second-order valence-corrected chi connectivity index (χ2v) is 4.82. The highest BCUT2D eigenvalue weighted by Crippen LogP contribution is 2.10. The van der Waals surface area contributed by atoms with Crippen molar-refractivity contribution in [1.82, 2.24) is 35.8 Å². The van der Waals surface area contributed by atoms with Crippen LogP contribution < -0.4 is 5.32 Å². The summed E-state index contributed by atoms with van der Waals surface area (Å²) in [5, 5.41) is 21.8. The number of rotatable bonds is 6. The fourth-order valence-electron chi connectivity index (χ4n) is 1.30. The first-order valence-corrected chi connectivity index (χ1v) is 6.55. The van der Waals surface area contributed by atoms with Crippen LogP contribution in [-0.2, 0) is 18.3 Å². The molecule has 10 heteroatoms. The molecular weight excluding hydrogens is 270 g/mol. The van der Waals surface area contributed by atoms with Gasteiger partial charge in [-0.1, -0.05) is 22.1 Å². The van der Waals surface area contributed by atoms with Crippen molar-refractivity contribution in [3.63, 3.8) is 0 Å². The van der Waals surface area contributed by atoms with Gasteiger partial charge in [-0.25, -0.2) is 9.31 Å². The molecule has 0 bridgehead atoms. The third-order valence-corrected chi connectivity index (χ3v) is 3.32. The van der Waals surface area contributed by atoms with Gasteiger partial charge in [0.1, 0.15) is 11.4 Å². The first kappa shape index (κ1) is 13.5. The Morgan fingerprint density at radius 1 is 1.47 bits per heavy atom. The van der Waals surface area contributed by atoms with Gasteiger partial charge >= 0.3 is 0 Å². The molecule has 1 N–H and O–H groups in total. The Morgan fingerprint density at radius 2 is 2.32 bits per heavy atom. The number of carbonyl (C=O) groups is 1. The lowest BCUT2D eigenvalue weighted by atomic mass is 10.2. The van der Waals surface area contributed by atoms with Crippen LogP contribution in [0, 0.1) is 6.92 Å². The van der Waals surface area contributed by atoms with E-state index in [9.17, 15) is 4.79 Å². The van der Waals surface area contributed by atoms with Gasteiger partial charge < -0.3 is 5.32 Å². The van der Waals surface area contributed by atoms with E-state index in [1.807, 2.05) is 0 Å². The summed E-state index contributed by atoms with van der Waals surface area (Å²) in [4.78, 5) is 11.6. The second kappa shape index (κ2) is 6.27. The molecule has 0 aromatic carbocycles. The molecule has 2 rings (SSSR count). The van der Waals surface area contributed by atoms with Crippen molar-refractivity contribution < 1.29 is 9.42 Å². The van der Waals surface area contributed by atoms with Crippen molar-refractivity contribution in [3.8, 4) is 0 Å². The van der Waals surface area contributed by atoms with Crippen LogP contribution >= 0.6 is 11.8 Å². The van der Waals surface area contributed by atoms with E-state index in [-0.39, 0.29) is 12.3 Å². The number of tetrazole rings is 1. The number of nitrogens with one attached hydrogen (secondary N) is 1. The second-order valence-electron chi connectivity index (χ2n) is 3.76. The summed E-state index contributed by atoms with van der Waals surface area (Å²) < 4.78 is 6.11. The van der Waals surface area contributed by atoms with Crippen molar-refractivity contribution in [2.24, 2.45) is 7.05 Å². The van der Waals surface area contributed by atoms with Gasteiger partial charge in [0.2, 0.25) is 11.1 Å². The van der Waals surface area contributed by atoms with Gasteiger partial charge in [0.15, 0.2) is 0 Å². The SMILES string of the molecule is Cc1nonc1CC(=O)NCCSc1nnnn1C. The lowest BCUT2D eigenvalue weighted by molar-refractivity contribution is -0.120. The Bertz CT molecular complexity index is 552.